The normalized spacial score (nSPS) is 22.4. The van der Waals surface area contributed by atoms with Crippen LogP contribution in [0.1, 0.15) is 43.9 Å². The lowest BCUT2D eigenvalue weighted by atomic mass is 9.97. The molecule has 0 bridgehead atoms. The fraction of sp³-hybridized carbons (Fsp3) is 0.647. The van der Waals surface area contributed by atoms with Gasteiger partial charge in [-0.3, -0.25) is 0 Å². The number of rotatable bonds is 5. The zero-order valence-corrected chi connectivity index (χ0v) is 12.7. The molecule has 106 valence electrons. The summed E-state index contributed by atoms with van der Waals surface area (Å²) in [4.78, 5) is 2.63. The summed E-state index contributed by atoms with van der Waals surface area (Å²) in [5, 5.41) is 3.66. The molecule has 1 heterocycles. The molecule has 2 nitrogen and oxygen atoms in total. The van der Waals surface area contributed by atoms with Crippen molar-refractivity contribution in [3.8, 4) is 0 Å². The SMILES string of the molecule is CCNC(CN1CCCC(C)C1)c1ccccc1C. The van der Waals surface area contributed by atoms with Gasteiger partial charge in [-0.25, -0.2) is 0 Å². The van der Waals surface area contributed by atoms with E-state index in [4.69, 9.17) is 0 Å². The predicted molar refractivity (Wildman–Crippen MR) is 82.4 cm³/mol. The Kier molecular flexibility index (Phi) is 5.41. The number of piperidine rings is 1. The van der Waals surface area contributed by atoms with Crippen LogP contribution in [0.15, 0.2) is 24.3 Å². The summed E-state index contributed by atoms with van der Waals surface area (Å²) >= 11 is 0. The second kappa shape index (κ2) is 7.06. The number of nitrogens with zero attached hydrogens (tertiary/aromatic N) is 1. The van der Waals surface area contributed by atoms with Gasteiger partial charge in [0.25, 0.3) is 0 Å². The number of nitrogens with one attached hydrogen (secondary N) is 1. The van der Waals surface area contributed by atoms with Crippen molar-refractivity contribution in [1.29, 1.82) is 0 Å². The van der Waals surface area contributed by atoms with E-state index in [2.05, 4.69) is 55.3 Å². The van der Waals surface area contributed by atoms with Gasteiger partial charge in [-0.1, -0.05) is 38.1 Å². The number of benzene rings is 1. The van der Waals surface area contributed by atoms with Gasteiger partial charge in [-0.2, -0.15) is 0 Å². The van der Waals surface area contributed by atoms with Crippen LogP contribution in [0, 0.1) is 12.8 Å². The summed E-state index contributed by atoms with van der Waals surface area (Å²) in [6.45, 7) is 11.5. The maximum Gasteiger partial charge on any atom is 0.0451 e. The Morgan fingerprint density at radius 1 is 1.37 bits per heavy atom. The Balaban J connectivity index is 2.05. The number of likely N-dealkylation sites (tertiary alicyclic amines) is 1. The van der Waals surface area contributed by atoms with Gasteiger partial charge in [-0.05, 0) is 49.9 Å². The van der Waals surface area contributed by atoms with Crippen molar-refractivity contribution in [2.75, 3.05) is 26.2 Å². The van der Waals surface area contributed by atoms with E-state index >= 15 is 0 Å². The summed E-state index contributed by atoms with van der Waals surface area (Å²) in [5.41, 5.74) is 2.86. The molecule has 2 atom stereocenters. The van der Waals surface area contributed by atoms with E-state index < -0.39 is 0 Å². The minimum atomic E-state index is 0.469. The van der Waals surface area contributed by atoms with Crippen LogP contribution in [0.5, 0.6) is 0 Å². The van der Waals surface area contributed by atoms with E-state index in [1.54, 1.807) is 0 Å². The highest BCUT2D eigenvalue weighted by atomic mass is 15.2. The summed E-state index contributed by atoms with van der Waals surface area (Å²) in [7, 11) is 0. The van der Waals surface area contributed by atoms with E-state index in [9.17, 15) is 0 Å². The predicted octanol–water partition coefficient (Wildman–Crippen LogP) is 3.38. The molecule has 2 heteroatoms. The Morgan fingerprint density at radius 3 is 2.84 bits per heavy atom. The molecule has 1 saturated heterocycles. The van der Waals surface area contributed by atoms with Gasteiger partial charge in [0.1, 0.15) is 0 Å². The van der Waals surface area contributed by atoms with Gasteiger partial charge >= 0.3 is 0 Å². The maximum absolute atomic E-state index is 3.66. The Hall–Kier alpha value is -0.860. The van der Waals surface area contributed by atoms with Crippen LogP contribution in [0.4, 0.5) is 0 Å². The molecule has 19 heavy (non-hydrogen) atoms. The van der Waals surface area contributed by atoms with Crippen LogP contribution < -0.4 is 5.32 Å². The number of hydrogen-bond acceptors (Lipinski definition) is 2. The minimum Gasteiger partial charge on any atom is -0.309 e. The number of aryl methyl sites for hydroxylation is 1. The molecule has 2 rings (SSSR count). The van der Waals surface area contributed by atoms with E-state index in [0.29, 0.717) is 6.04 Å². The van der Waals surface area contributed by atoms with E-state index in [1.165, 1.54) is 37.1 Å². The fourth-order valence-corrected chi connectivity index (χ4v) is 3.21. The van der Waals surface area contributed by atoms with Crippen molar-refractivity contribution in [1.82, 2.24) is 10.2 Å². The smallest absolute Gasteiger partial charge is 0.0451 e. The number of hydrogen-bond donors (Lipinski definition) is 1. The van der Waals surface area contributed by atoms with E-state index in [0.717, 1.165) is 19.0 Å². The first-order valence-corrected chi connectivity index (χ1v) is 7.72. The van der Waals surface area contributed by atoms with E-state index in [1.807, 2.05) is 0 Å². The van der Waals surface area contributed by atoms with Crippen molar-refractivity contribution in [2.45, 2.75) is 39.7 Å². The van der Waals surface area contributed by atoms with Crippen LogP contribution in [-0.2, 0) is 0 Å². The largest absolute Gasteiger partial charge is 0.309 e. The van der Waals surface area contributed by atoms with Crippen molar-refractivity contribution in [3.05, 3.63) is 35.4 Å². The lowest BCUT2D eigenvalue weighted by Crippen LogP contribution is -2.40. The lowest BCUT2D eigenvalue weighted by Gasteiger charge is -2.34. The first kappa shape index (κ1) is 14.5. The molecule has 0 spiro atoms. The van der Waals surface area contributed by atoms with Crippen molar-refractivity contribution in [3.63, 3.8) is 0 Å². The topological polar surface area (TPSA) is 15.3 Å². The maximum atomic E-state index is 3.66. The van der Waals surface area contributed by atoms with Crippen LogP contribution in [0.2, 0.25) is 0 Å². The Morgan fingerprint density at radius 2 is 2.16 bits per heavy atom. The fourth-order valence-electron chi connectivity index (χ4n) is 3.21. The number of likely N-dealkylation sites (N-methyl/N-ethyl adjacent to an activating group) is 1. The third kappa shape index (κ3) is 4.05. The summed E-state index contributed by atoms with van der Waals surface area (Å²) in [6, 6.07) is 9.25. The summed E-state index contributed by atoms with van der Waals surface area (Å²) in [6.07, 6.45) is 2.75. The highest BCUT2D eigenvalue weighted by molar-refractivity contribution is 5.29. The second-order valence-corrected chi connectivity index (χ2v) is 5.97. The van der Waals surface area contributed by atoms with Gasteiger partial charge in [-0.15, -0.1) is 0 Å². The van der Waals surface area contributed by atoms with Crippen molar-refractivity contribution < 1.29 is 0 Å². The molecule has 0 amide bonds. The van der Waals surface area contributed by atoms with Crippen molar-refractivity contribution >= 4 is 0 Å². The van der Waals surface area contributed by atoms with Gasteiger partial charge in [0.2, 0.25) is 0 Å². The Bertz CT molecular complexity index is 389. The van der Waals surface area contributed by atoms with Gasteiger partial charge in [0, 0.05) is 19.1 Å². The van der Waals surface area contributed by atoms with Crippen LogP contribution in [0.25, 0.3) is 0 Å². The average molecular weight is 260 g/mol. The second-order valence-electron chi connectivity index (χ2n) is 5.97. The molecule has 2 unspecified atom stereocenters. The molecule has 0 radical (unpaired) electrons. The zero-order chi connectivity index (χ0) is 13.7. The zero-order valence-electron chi connectivity index (χ0n) is 12.7. The summed E-state index contributed by atoms with van der Waals surface area (Å²) < 4.78 is 0. The Labute approximate surface area is 118 Å². The monoisotopic (exact) mass is 260 g/mol. The lowest BCUT2D eigenvalue weighted by molar-refractivity contribution is 0.167. The molecular weight excluding hydrogens is 232 g/mol. The molecule has 1 fully saturated rings. The van der Waals surface area contributed by atoms with Gasteiger partial charge < -0.3 is 10.2 Å². The quantitative estimate of drug-likeness (QED) is 0.873. The standard InChI is InChI=1S/C17H28N2/c1-4-18-17(16-10-6-5-9-15(16)3)13-19-11-7-8-14(2)12-19/h5-6,9-10,14,17-18H,4,7-8,11-13H2,1-3H3. The van der Waals surface area contributed by atoms with Crippen LogP contribution >= 0.6 is 0 Å². The van der Waals surface area contributed by atoms with Gasteiger partial charge in [0.05, 0.1) is 0 Å². The first-order valence-electron chi connectivity index (χ1n) is 7.72. The third-order valence-electron chi connectivity index (χ3n) is 4.20. The van der Waals surface area contributed by atoms with Gasteiger partial charge in [0.15, 0.2) is 0 Å². The molecular formula is C17H28N2. The average Bonchev–Trinajstić information content (AvgIpc) is 2.39. The van der Waals surface area contributed by atoms with E-state index in [-0.39, 0.29) is 0 Å². The molecule has 0 aromatic heterocycles. The van der Waals surface area contributed by atoms with Crippen LogP contribution in [0.3, 0.4) is 0 Å². The minimum absolute atomic E-state index is 0.469. The van der Waals surface area contributed by atoms with Crippen LogP contribution in [-0.4, -0.2) is 31.1 Å². The molecule has 1 aromatic carbocycles. The summed E-state index contributed by atoms with van der Waals surface area (Å²) in [5.74, 6) is 0.855. The molecule has 1 N–H and O–H groups in total. The molecule has 1 aliphatic rings. The molecule has 1 aliphatic heterocycles. The molecule has 1 aromatic rings. The third-order valence-corrected chi connectivity index (χ3v) is 4.20. The van der Waals surface area contributed by atoms with Crippen molar-refractivity contribution in [2.24, 2.45) is 5.92 Å². The highest BCUT2D eigenvalue weighted by Crippen LogP contribution is 2.22. The molecule has 0 saturated carbocycles. The first-order chi connectivity index (χ1) is 9.20. The highest BCUT2D eigenvalue weighted by Gasteiger charge is 2.21. The molecule has 0 aliphatic carbocycles.